The Hall–Kier alpha value is -3.42. The first-order valence-electron chi connectivity index (χ1n) is 7.42. The third-order valence-electron chi connectivity index (χ3n) is 3.84. The number of hydrogen-bond donors (Lipinski definition) is 1. The largest absolute Gasteiger partial charge is 0.496 e. The highest BCUT2D eigenvalue weighted by Gasteiger charge is 2.32. The van der Waals surface area contributed by atoms with Crippen LogP contribution in [-0.4, -0.2) is 30.0 Å². The number of carbonyl (C=O) groups is 2. The number of nitro benzene ring substituents is 1. The molecule has 0 unspecified atom stereocenters. The van der Waals surface area contributed by atoms with Gasteiger partial charge in [-0.25, -0.2) is 4.79 Å². The van der Waals surface area contributed by atoms with Crippen molar-refractivity contribution in [2.24, 2.45) is 0 Å². The average molecular weight is 342 g/mol. The van der Waals surface area contributed by atoms with Gasteiger partial charge in [0.2, 0.25) is 0 Å². The van der Waals surface area contributed by atoms with Gasteiger partial charge in [-0.15, -0.1) is 0 Å². The van der Waals surface area contributed by atoms with E-state index < -0.39 is 22.9 Å². The summed E-state index contributed by atoms with van der Waals surface area (Å²) in [6.07, 6.45) is -0.846. The van der Waals surface area contributed by atoms with E-state index in [1.165, 1.54) is 25.3 Å². The molecule has 25 heavy (non-hydrogen) atoms. The van der Waals surface area contributed by atoms with Crippen LogP contribution in [0.4, 0.5) is 11.4 Å². The molecule has 0 bridgehead atoms. The second kappa shape index (κ2) is 6.60. The molecule has 1 aliphatic heterocycles. The number of benzene rings is 2. The van der Waals surface area contributed by atoms with Gasteiger partial charge < -0.3 is 14.8 Å². The second-order valence-electron chi connectivity index (χ2n) is 5.38. The second-order valence-corrected chi connectivity index (χ2v) is 5.38. The number of nitrogens with zero attached hydrogens (tertiary/aromatic N) is 1. The van der Waals surface area contributed by atoms with Crippen LogP contribution in [0.5, 0.6) is 5.75 Å². The van der Waals surface area contributed by atoms with Crippen molar-refractivity contribution < 1.29 is 24.0 Å². The normalized spacial score (nSPS) is 15.7. The van der Waals surface area contributed by atoms with Crippen molar-refractivity contribution in [3.05, 3.63) is 63.7 Å². The minimum absolute atomic E-state index is 0.00528. The van der Waals surface area contributed by atoms with Crippen molar-refractivity contribution in [2.75, 3.05) is 12.4 Å². The number of fused-ring (bicyclic) bond motifs is 1. The van der Waals surface area contributed by atoms with Crippen molar-refractivity contribution in [1.29, 1.82) is 0 Å². The van der Waals surface area contributed by atoms with Crippen molar-refractivity contribution in [2.45, 2.75) is 12.5 Å². The third kappa shape index (κ3) is 3.27. The van der Waals surface area contributed by atoms with E-state index in [0.29, 0.717) is 16.9 Å². The smallest absolute Gasteiger partial charge is 0.339 e. The van der Waals surface area contributed by atoms with Gasteiger partial charge >= 0.3 is 5.97 Å². The summed E-state index contributed by atoms with van der Waals surface area (Å²) < 4.78 is 10.1. The van der Waals surface area contributed by atoms with Gasteiger partial charge in [0.25, 0.3) is 11.6 Å². The highest BCUT2D eigenvalue weighted by atomic mass is 16.6. The molecule has 1 amide bonds. The Labute approximate surface area is 142 Å². The maximum atomic E-state index is 12.4. The van der Waals surface area contributed by atoms with Crippen LogP contribution >= 0.6 is 0 Å². The fourth-order valence-electron chi connectivity index (χ4n) is 2.59. The molecule has 0 fully saturated rings. The molecule has 2 aromatic carbocycles. The number of nitrogens with one attached hydrogen (secondary N) is 1. The summed E-state index contributed by atoms with van der Waals surface area (Å²) >= 11 is 0. The number of ether oxygens (including phenoxy) is 2. The number of carbonyl (C=O) groups excluding carboxylic acids is 2. The molecule has 0 aliphatic carbocycles. The molecule has 2 aromatic rings. The van der Waals surface area contributed by atoms with E-state index in [9.17, 15) is 19.7 Å². The molecule has 0 radical (unpaired) electrons. The summed E-state index contributed by atoms with van der Waals surface area (Å²) in [5.74, 6) is -0.926. The molecule has 1 aliphatic rings. The maximum absolute atomic E-state index is 12.4. The lowest BCUT2D eigenvalue weighted by molar-refractivity contribution is -0.384. The SMILES string of the molecule is COc1ccc(NC(=O)[C@@H]2Cc3ccccc3C(=O)O2)c([N+](=O)[O-])c1. The topological polar surface area (TPSA) is 108 Å². The molecule has 0 saturated heterocycles. The number of cyclic esters (lactones) is 1. The Bertz CT molecular complexity index is 864. The zero-order valence-electron chi connectivity index (χ0n) is 13.2. The van der Waals surface area contributed by atoms with E-state index in [2.05, 4.69) is 5.32 Å². The van der Waals surface area contributed by atoms with Crippen LogP contribution in [0.25, 0.3) is 0 Å². The molecule has 8 nitrogen and oxygen atoms in total. The van der Waals surface area contributed by atoms with Crippen LogP contribution in [0.3, 0.4) is 0 Å². The van der Waals surface area contributed by atoms with E-state index in [1.807, 2.05) is 0 Å². The molecule has 0 aromatic heterocycles. The predicted octanol–water partition coefficient (Wildman–Crippen LogP) is 2.32. The molecular formula is C17H14N2O6. The van der Waals surface area contributed by atoms with Gasteiger partial charge in [-0.2, -0.15) is 0 Å². The molecule has 0 spiro atoms. The molecule has 1 atom stereocenters. The van der Waals surface area contributed by atoms with Gasteiger partial charge in [0.15, 0.2) is 6.10 Å². The fourth-order valence-corrected chi connectivity index (χ4v) is 2.59. The number of amides is 1. The summed E-state index contributed by atoms with van der Waals surface area (Å²) in [5, 5.41) is 13.6. The Balaban J connectivity index is 1.82. The lowest BCUT2D eigenvalue weighted by Crippen LogP contribution is -2.38. The Kier molecular flexibility index (Phi) is 4.34. The van der Waals surface area contributed by atoms with Gasteiger partial charge in [-0.05, 0) is 23.8 Å². The van der Waals surface area contributed by atoms with Crippen LogP contribution in [0.15, 0.2) is 42.5 Å². The van der Waals surface area contributed by atoms with E-state index in [1.54, 1.807) is 24.3 Å². The zero-order valence-corrected chi connectivity index (χ0v) is 13.2. The molecule has 3 rings (SSSR count). The first-order valence-corrected chi connectivity index (χ1v) is 7.42. The lowest BCUT2D eigenvalue weighted by Gasteiger charge is -2.23. The monoisotopic (exact) mass is 342 g/mol. The summed E-state index contributed by atoms with van der Waals surface area (Å²) in [6, 6.07) is 10.9. The highest BCUT2D eigenvalue weighted by Crippen LogP contribution is 2.30. The van der Waals surface area contributed by atoms with E-state index in [0.717, 1.165) is 0 Å². The Morgan fingerprint density at radius 2 is 2.08 bits per heavy atom. The standard InChI is InChI=1S/C17H14N2O6/c1-24-11-6-7-13(14(9-11)19(22)23)18-16(20)15-8-10-4-2-3-5-12(10)17(21)25-15/h2-7,9,15H,8H2,1H3,(H,18,20)/t15-/m0/s1. The van der Waals surface area contributed by atoms with E-state index in [4.69, 9.17) is 9.47 Å². The van der Waals surface area contributed by atoms with Gasteiger partial charge in [0, 0.05) is 6.42 Å². The third-order valence-corrected chi connectivity index (χ3v) is 3.84. The molecule has 8 heteroatoms. The van der Waals surface area contributed by atoms with Crippen LogP contribution < -0.4 is 10.1 Å². The summed E-state index contributed by atoms with van der Waals surface area (Å²) in [4.78, 5) is 34.9. The number of nitro groups is 1. The number of hydrogen-bond acceptors (Lipinski definition) is 6. The van der Waals surface area contributed by atoms with Crippen LogP contribution in [0.1, 0.15) is 15.9 Å². The molecular weight excluding hydrogens is 328 g/mol. The van der Waals surface area contributed by atoms with Gasteiger partial charge in [0.05, 0.1) is 23.7 Å². The Morgan fingerprint density at radius 1 is 1.32 bits per heavy atom. The van der Waals surface area contributed by atoms with Crippen molar-refractivity contribution in [3.8, 4) is 5.75 Å². The van der Waals surface area contributed by atoms with Crippen LogP contribution in [0.2, 0.25) is 0 Å². The van der Waals surface area contributed by atoms with E-state index in [-0.39, 0.29) is 17.8 Å². The van der Waals surface area contributed by atoms with Gasteiger partial charge in [-0.1, -0.05) is 18.2 Å². The molecule has 0 saturated carbocycles. The van der Waals surface area contributed by atoms with Gasteiger partial charge in [-0.3, -0.25) is 14.9 Å². The molecule has 1 heterocycles. The highest BCUT2D eigenvalue weighted by molar-refractivity contribution is 6.01. The summed E-state index contributed by atoms with van der Waals surface area (Å²) in [6.45, 7) is 0. The first-order chi connectivity index (χ1) is 12.0. The van der Waals surface area contributed by atoms with Crippen LogP contribution in [0, 0.1) is 10.1 Å². The molecule has 128 valence electrons. The van der Waals surface area contributed by atoms with Gasteiger partial charge in [0.1, 0.15) is 11.4 Å². The van der Waals surface area contributed by atoms with Crippen molar-refractivity contribution >= 4 is 23.3 Å². The maximum Gasteiger partial charge on any atom is 0.339 e. The number of esters is 1. The first kappa shape index (κ1) is 16.4. The number of methoxy groups -OCH3 is 1. The number of rotatable bonds is 4. The average Bonchev–Trinajstić information content (AvgIpc) is 2.61. The molecule has 1 N–H and O–H groups in total. The van der Waals surface area contributed by atoms with Crippen molar-refractivity contribution in [1.82, 2.24) is 0 Å². The minimum Gasteiger partial charge on any atom is -0.496 e. The predicted molar refractivity (Wildman–Crippen MR) is 87.6 cm³/mol. The summed E-state index contributed by atoms with van der Waals surface area (Å²) in [5.41, 5.74) is 0.811. The Morgan fingerprint density at radius 3 is 2.80 bits per heavy atom. The summed E-state index contributed by atoms with van der Waals surface area (Å²) in [7, 11) is 1.39. The van der Waals surface area contributed by atoms with Crippen molar-refractivity contribution in [3.63, 3.8) is 0 Å². The minimum atomic E-state index is -1.05. The fraction of sp³-hybridized carbons (Fsp3) is 0.176. The zero-order chi connectivity index (χ0) is 18.0. The van der Waals surface area contributed by atoms with E-state index >= 15 is 0 Å². The quantitative estimate of drug-likeness (QED) is 0.519. The van der Waals surface area contributed by atoms with Crippen LogP contribution in [-0.2, 0) is 16.0 Å². The number of anilines is 1. The lowest BCUT2D eigenvalue weighted by atomic mass is 9.98.